The molecule has 1 aromatic rings. The Morgan fingerprint density at radius 1 is 1.36 bits per heavy atom. The summed E-state index contributed by atoms with van der Waals surface area (Å²) in [4.78, 5) is 4.33. The van der Waals surface area contributed by atoms with E-state index in [1.807, 2.05) is 12.1 Å². The van der Waals surface area contributed by atoms with Gasteiger partial charge in [-0.3, -0.25) is 4.98 Å². The molecule has 1 aromatic heterocycles. The van der Waals surface area contributed by atoms with Gasteiger partial charge < -0.3 is 5.73 Å². The molecule has 1 rings (SSSR count). The lowest BCUT2D eigenvalue weighted by molar-refractivity contribution is 0.588. The van der Waals surface area contributed by atoms with Gasteiger partial charge in [0.25, 0.3) is 0 Å². The second kappa shape index (κ2) is 5.63. The molecule has 0 fully saturated rings. The summed E-state index contributed by atoms with van der Waals surface area (Å²) < 4.78 is 0. The highest BCUT2D eigenvalue weighted by Crippen LogP contribution is 2.20. The Balaban J connectivity index is 2.43. The molecule has 0 aliphatic heterocycles. The number of anilines is 1. The fraction of sp³-hybridized carbons (Fsp3) is 0.583. The minimum absolute atomic E-state index is 0.558. The molecular formula is C12H20N2. The molecule has 0 saturated heterocycles. The first-order valence-electron chi connectivity index (χ1n) is 5.45. The van der Waals surface area contributed by atoms with E-state index < -0.39 is 0 Å². The molecule has 78 valence electrons. The van der Waals surface area contributed by atoms with E-state index in [4.69, 9.17) is 5.73 Å². The Labute approximate surface area is 86.5 Å². The lowest BCUT2D eigenvalue weighted by Crippen LogP contribution is -1.98. The predicted octanol–water partition coefficient (Wildman–Crippen LogP) is 3.35. The van der Waals surface area contributed by atoms with Crippen LogP contribution in [-0.4, -0.2) is 4.98 Å². The van der Waals surface area contributed by atoms with Crippen molar-refractivity contribution in [3.05, 3.63) is 24.0 Å². The zero-order valence-electron chi connectivity index (χ0n) is 9.16. The van der Waals surface area contributed by atoms with Crippen molar-refractivity contribution in [2.75, 3.05) is 5.73 Å². The van der Waals surface area contributed by atoms with Gasteiger partial charge in [-0.1, -0.05) is 33.1 Å². The molecule has 14 heavy (non-hydrogen) atoms. The zero-order valence-corrected chi connectivity index (χ0v) is 9.16. The van der Waals surface area contributed by atoms with Crippen LogP contribution in [0.1, 0.15) is 51.1 Å². The van der Waals surface area contributed by atoms with Crippen LogP contribution in [0.4, 0.5) is 5.69 Å². The van der Waals surface area contributed by atoms with Gasteiger partial charge in [0.1, 0.15) is 0 Å². The standard InChI is InChI=1S/C12H20N2/c1-3-4-5-6-10(2)12-8-7-11(13)9-14-12/h7-10H,3-6,13H2,1-2H3. The first-order valence-corrected chi connectivity index (χ1v) is 5.45. The van der Waals surface area contributed by atoms with Gasteiger partial charge in [-0.15, -0.1) is 0 Å². The number of nitrogens with two attached hydrogens (primary N) is 1. The topological polar surface area (TPSA) is 38.9 Å². The van der Waals surface area contributed by atoms with Crippen molar-refractivity contribution in [1.82, 2.24) is 4.98 Å². The summed E-state index contributed by atoms with van der Waals surface area (Å²) in [5, 5.41) is 0. The molecule has 0 saturated carbocycles. The molecule has 0 radical (unpaired) electrons. The van der Waals surface area contributed by atoms with Crippen molar-refractivity contribution in [3.63, 3.8) is 0 Å². The number of aromatic nitrogens is 1. The number of pyridine rings is 1. The highest BCUT2D eigenvalue weighted by atomic mass is 14.7. The second-order valence-corrected chi connectivity index (χ2v) is 3.91. The summed E-state index contributed by atoms with van der Waals surface area (Å²) in [6.07, 6.45) is 6.86. The number of hydrogen-bond donors (Lipinski definition) is 1. The van der Waals surface area contributed by atoms with Gasteiger partial charge in [-0.05, 0) is 24.5 Å². The SMILES string of the molecule is CCCCCC(C)c1ccc(N)cn1. The van der Waals surface area contributed by atoms with E-state index in [9.17, 15) is 0 Å². The Kier molecular flexibility index (Phi) is 4.44. The van der Waals surface area contributed by atoms with Gasteiger partial charge in [-0.2, -0.15) is 0 Å². The first kappa shape index (κ1) is 11.0. The number of unbranched alkanes of at least 4 members (excludes halogenated alkanes) is 2. The fourth-order valence-electron chi connectivity index (χ4n) is 1.56. The van der Waals surface area contributed by atoms with E-state index >= 15 is 0 Å². The average Bonchev–Trinajstić information content (AvgIpc) is 2.19. The maximum atomic E-state index is 5.59. The van der Waals surface area contributed by atoms with Crippen molar-refractivity contribution < 1.29 is 0 Å². The molecule has 0 amide bonds. The Morgan fingerprint density at radius 3 is 2.71 bits per heavy atom. The van der Waals surface area contributed by atoms with Crippen LogP contribution in [0.2, 0.25) is 0 Å². The van der Waals surface area contributed by atoms with Crippen LogP contribution in [0.25, 0.3) is 0 Å². The maximum Gasteiger partial charge on any atom is 0.0501 e. The average molecular weight is 192 g/mol. The van der Waals surface area contributed by atoms with Crippen molar-refractivity contribution in [3.8, 4) is 0 Å². The molecule has 0 spiro atoms. The normalized spacial score (nSPS) is 12.7. The van der Waals surface area contributed by atoms with Gasteiger partial charge in [-0.25, -0.2) is 0 Å². The van der Waals surface area contributed by atoms with E-state index in [2.05, 4.69) is 18.8 Å². The predicted molar refractivity (Wildman–Crippen MR) is 61.2 cm³/mol. The molecule has 1 atom stereocenters. The fourth-order valence-corrected chi connectivity index (χ4v) is 1.56. The zero-order chi connectivity index (χ0) is 10.4. The van der Waals surface area contributed by atoms with Gasteiger partial charge in [0.2, 0.25) is 0 Å². The van der Waals surface area contributed by atoms with E-state index in [1.165, 1.54) is 25.7 Å². The Bertz CT molecular complexity index is 254. The molecule has 0 aliphatic rings. The van der Waals surface area contributed by atoms with Crippen molar-refractivity contribution >= 4 is 5.69 Å². The molecular weight excluding hydrogens is 172 g/mol. The minimum Gasteiger partial charge on any atom is -0.397 e. The largest absolute Gasteiger partial charge is 0.397 e. The third-order valence-electron chi connectivity index (χ3n) is 2.55. The Hall–Kier alpha value is -1.05. The van der Waals surface area contributed by atoms with Crippen LogP contribution in [0.3, 0.4) is 0 Å². The lowest BCUT2D eigenvalue weighted by atomic mass is 9.99. The highest BCUT2D eigenvalue weighted by Gasteiger charge is 2.05. The van der Waals surface area contributed by atoms with E-state index in [0.29, 0.717) is 5.92 Å². The lowest BCUT2D eigenvalue weighted by Gasteiger charge is -2.10. The van der Waals surface area contributed by atoms with E-state index in [-0.39, 0.29) is 0 Å². The van der Waals surface area contributed by atoms with Crippen LogP contribution >= 0.6 is 0 Å². The Morgan fingerprint density at radius 2 is 2.14 bits per heavy atom. The summed E-state index contributed by atoms with van der Waals surface area (Å²) in [6.45, 7) is 4.46. The smallest absolute Gasteiger partial charge is 0.0501 e. The van der Waals surface area contributed by atoms with Crippen LogP contribution < -0.4 is 5.73 Å². The van der Waals surface area contributed by atoms with Gasteiger partial charge >= 0.3 is 0 Å². The van der Waals surface area contributed by atoms with Crippen LogP contribution in [-0.2, 0) is 0 Å². The third kappa shape index (κ3) is 3.36. The summed E-state index contributed by atoms with van der Waals surface area (Å²) in [6, 6.07) is 3.96. The monoisotopic (exact) mass is 192 g/mol. The number of hydrogen-bond acceptors (Lipinski definition) is 2. The number of nitrogen functional groups attached to an aromatic ring is 1. The number of nitrogens with zero attached hydrogens (tertiary/aromatic N) is 1. The van der Waals surface area contributed by atoms with Crippen molar-refractivity contribution in [2.45, 2.75) is 45.4 Å². The molecule has 1 unspecified atom stereocenters. The summed E-state index contributed by atoms with van der Waals surface area (Å²) >= 11 is 0. The molecule has 0 bridgehead atoms. The van der Waals surface area contributed by atoms with E-state index in [1.54, 1.807) is 6.20 Å². The van der Waals surface area contributed by atoms with Crippen molar-refractivity contribution in [1.29, 1.82) is 0 Å². The third-order valence-corrected chi connectivity index (χ3v) is 2.55. The molecule has 2 nitrogen and oxygen atoms in total. The van der Waals surface area contributed by atoms with E-state index in [0.717, 1.165) is 11.4 Å². The summed E-state index contributed by atoms with van der Waals surface area (Å²) in [7, 11) is 0. The van der Waals surface area contributed by atoms with Gasteiger partial charge in [0.15, 0.2) is 0 Å². The number of rotatable bonds is 5. The molecule has 2 heteroatoms. The van der Waals surface area contributed by atoms with Crippen LogP contribution in [0.5, 0.6) is 0 Å². The first-order chi connectivity index (χ1) is 6.74. The van der Waals surface area contributed by atoms with Crippen LogP contribution in [0.15, 0.2) is 18.3 Å². The quantitative estimate of drug-likeness (QED) is 0.727. The summed E-state index contributed by atoms with van der Waals surface area (Å²) in [5.41, 5.74) is 7.49. The molecule has 0 aliphatic carbocycles. The maximum absolute atomic E-state index is 5.59. The van der Waals surface area contributed by atoms with Gasteiger partial charge in [0.05, 0.1) is 11.9 Å². The minimum atomic E-state index is 0.558. The molecule has 1 heterocycles. The van der Waals surface area contributed by atoms with Crippen LogP contribution in [0, 0.1) is 0 Å². The molecule has 0 aromatic carbocycles. The second-order valence-electron chi connectivity index (χ2n) is 3.91. The molecule has 2 N–H and O–H groups in total. The summed E-state index contributed by atoms with van der Waals surface area (Å²) in [5.74, 6) is 0.558. The van der Waals surface area contributed by atoms with Crippen molar-refractivity contribution in [2.24, 2.45) is 0 Å². The highest BCUT2D eigenvalue weighted by molar-refractivity contribution is 5.35. The van der Waals surface area contributed by atoms with Gasteiger partial charge in [0, 0.05) is 5.69 Å².